The van der Waals surface area contributed by atoms with Crippen molar-refractivity contribution >= 4 is 22.4 Å². The SMILES string of the molecule is COCC1(CNS(=O)(=O)Cc2ccccc2C)CCCN1.Cl. The molecule has 1 fully saturated rings. The minimum atomic E-state index is -3.35. The van der Waals surface area contributed by atoms with Crippen molar-refractivity contribution in [1.82, 2.24) is 10.0 Å². The van der Waals surface area contributed by atoms with Crippen LogP contribution in [0.2, 0.25) is 0 Å². The van der Waals surface area contributed by atoms with E-state index in [4.69, 9.17) is 4.74 Å². The van der Waals surface area contributed by atoms with Gasteiger partial charge in [0.15, 0.2) is 0 Å². The molecule has 1 heterocycles. The lowest BCUT2D eigenvalue weighted by molar-refractivity contribution is 0.122. The van der Waals surface area contributed by atoms with Crippen molar-refractivity contribution in [2.45, 2.75) is 31.1 Å². The van der Waals surface area contributed by atoms with Crippen LogP contribution in [-0.4, -0.2) is 40.8 Å². The van der Waals surface area contributed by atoms with Crippen LogP contribution >= 0.6 is 12.4 Å². The largest absolute Gasteiger partial charge is 0.383 e. The number of hydrogen-bond acceptors (Lipinski definition) is 4. The summed E-state index contributed by atoms with van der Waals surface area (Å²) >= 11 is 0. The zero-order chi connectivity index (χ0) is 15.3. The van der Waals surface area contributed by atoms with Crippen LogP contribution in [0.25, 0.3) is 0 Å². The number of halogens is 1. The lowest BCUT2D eigenvalue weighted by atomic mass is 9.99. The zero-order valence-corrected chi connectivity index (χ0v) is 14.7. The van der Waals surface area contributed by atoms with Crippen LogP contribution in [0.3, 0.4) is 0 Å². The van der Waals surface area contributed by atoms with E-state index in [2.05, 4.69) is 10.0 Å². The number of methoxy groups -OCH3 is 1. The second-order valence-corrected chi connectivity index (χ2v) is 7.56. The van der Waals surface area contributed by atoms with Crippen LogP contribution in [0, 0.1) is 6.92 Å². The number of benzene rings is 1. The van der Waals surface area contributed by atoms with Gasteiger partial charge in [-0.25, -0.2) is 13.1 Å². The third kappa shape index (κ3) is 5.21. The molecule has 5 nitrogen and oxygen atoms in total. The van der Waals surface area contributed by atoms with E-state index in [1.165, 1.54) is 0 Å². The van der Waals surface area contributed by atoms with Gasteiger partial charge in [0, 0.05) is 13.7 Å². The van der Waals surface area contributed by atoms with Crippen LogP contribution in [0.1, 0.15) is 24.0 Å². The third-order valence-electron chi connectivity index (χ3n) is 3.99. The fraction of sp³-hybridized carbons (Fsp3) is 0.600. The third-order valence-corrected chi connectivity index (χ3v) is 5.27. The number of nitrogens with one attached hydrogen (secondary N) is 2. The molecule has 1 aromatic carbocycles. The van der Waals surface area contributed by atoms with Crippen molar-refractivity contribution in [1.29, 1.82) is 0 Å². The second-order valence-electron chi connectivity index (χ2n) is 5.75. The van der Waals surface area contributed by atoms with Crippen LogP contribution in [0.15, 0.2) is 24.3 Å². The predicted octanol–water partition coefficient (Wildman–Crippen LogP) is 1.60. The summed E-state index contributed by atoms with van der Waals surface area (Å²) in [5, 5.41) is 3.37. The van der Waals surface area contributed by atoms with Crippen molar-refractivity contribution in [3.63, 3.8) is 0 Å². The Labute approximate surface area is 139 Å². The Balaban J connectivity index is 0.00000242. The van der Waals surface area contributed by atoms with E-state index in [9.17, 15) is 8.42 Å². The quantitative estimate of drug-likeness (QED) is 0.785. The van der Waals surface area contributed by atoms with E-state index in [1.54, 1.807) is 7.11 Å². The van der Waals surface area contributed by atoms with Crippen molar-refractivity contribution in [2.75, 3.05) is 26.8 Å². The van der Waals surface area contributed by atoms with Crippen LogP contribution in [0.5, 0.6) is 0 Å². The summed E-state index contributed by atoms with van der Waals surface area (Å²) in [7, 11) is -1.70. The molecule has 126 valence electrons. The Bertz CT molecular complexity index is 572. The van der Waals surface area contributed by atoms with Crippen LogP contribution in [0.4, 0.5) is 0 Å². The topological polar surface area (TPSA) is 67.4 Å². The summed E-state index contributed by atoms with van der Waals surface area (Å²) in [6, 6.07) is 7.56. The monoisotopic (exact) mass is 348 g/mol. The molecule has 22 heavy (non-hydrogen) atoms. The average Bonchev–Trinajstić information content (AvgIpc) is 2.89. The average molecular weight is 349 g/mol. The predicted molar refractivity (Wildman–Crippen MR) is 90.9 cm³/mol. The van der Waals surface area contributed by atoms with Crippen molar-refractivity contribution in [2.24, 2.45) is 0 Å². The molecule has 0 spiro atoms. The van der Waals surface area contributed by atoms with Gasteiger partial charge in [-0.05, 0) is 37.4 Å². The maximum atomic E-state index is 12.3. The van der Waals surface area contributed by atoms with Gasteiger partial charge in [0.1, 0.15) is 0 Å². The molecule has 1 unspecified atom stereocenters. The lowest BCUT2D eigenvalue weighted by Gasteiger charge is -2.28. The molecule has 0 bridgehead atoms. The number of hydrogen-bond donors (Lipinski definition) is 2. The van der Waals surface area contributed by atoms with Crippen molar-refractivity contribution in [3.05, 3.63) is 35.4 Å². The highest BCUT2D eigenvalue weighted by molar-refractivity contribution is 7.88. The Morgan fingerprint density at radius 2 is 2.09 bits per heavy atom. The summed E-state index contributed by atoms with van der Waals surface area (Å²) in [6.07, 6.45) is 1.97. The van der Waals surface area contributed by atoms with Crippen molar-refractivity contribution < 1.29 is 13.2 Å². The Morgan fingerprint density at radius 1 is 1.36 bits per heavy atom. The number of sulfonamides is 1. The molecule has 0 radical (unpaired) electrons. The maximum absolute atomic E-state index is 12.3. The van der Waals surface area contributed by atoms with Gasteiger partial charge in [-0.2, -0.15) is 0 Å². The Kier molecular flexibility index (Phi) is 7.28. The summed E-state index contributed by atoms with van der Waals surface area (Å²) in [6.45, 7) is 3.72. The maximum Gasteiger partial charge on any atom is 0.215 e. The fourth-order valence-electron chi connectivity index (χ4n) is 2.75. The number of ether oxygens (including phenoxy) is 1. The summed E-state index contributed by atoms with van der Waals surface area (Å²) in [4.78, 5) is 0. The molecule has 1 aromatic rings. The highest BCUT2D eigenvalue weighted by Gasteiger charge is 2.34. The smallest absolute Gasteiger partial charge is 0.215 e. The standard InChI is InChI=1S/C15H24N2O3S.ClH/c1-13-6-3-4-7-14(13)10-21(18,19)17-11-15(12-20-2)8-5-9-16-15;/h3-4,6-7,16-17H,5,8-12H2,1-2H3;1H. The first-order chi connectivity index (χ1) is 9.96. The summed E-state index contributed by atoms with van der Waals surface area (Å²) < 4.78 is 32.5. The van der Waals surface area contributed by atoms with Gasteiger partial charge in [0.2, 0.25) is 10.0 Å². The first-order valence-electron chi connectivity index (χ1n) is 7.22. The van der Waals surface area contributed by atoms with E-state index in [0.29, 0.717) is 13.2 Å². The molecule has 1 aliphatic heterocycles. The number of rotatable bonds is 7. The van der Waals surface area contributed by atoms with E-state index in [1.807, 2.05) is 31.2 Å². The minimum absolute atomic E-state index is 0. The van der Waals surface area contributed by atoms with Gasteiger partial charge in [0.25, 0.3) is 0 Å². The molecule has 1 atom stereocenters. The normalized spacial score (nSPS) is 21.5. The van der Waals surface area contributed by atoms with Gasteiger partial charge in [-0.1, -0.05) is 24.3 Å². The van der Waals surface area contributed by atoms with E-state index >= 15 is 0 Å². The lowest BCUT2D eigenvalue weighted by Crippen LogP contribution is -2.53. The van der Waals surface area contributed by atoms with Crippen LogP contribution < -0.4 is 10.0 Å². The number of aryl methyl sites for hydroxylation is 1. The first kappa shape index (κ1) is 19.4. The highest BCUT2D eigenvalue weighted by atomic mass is 35.5. The molecular weight excluding hydrogens is 324 g/mol. The molecule has 2 rings (SSSR count). The van der Waals surface area contributed by atoms with E-state index < -0.39 is 10.0 Å². The highest BCUT2D eigenvalue weighted by Crippen LogP contribution is 2.19. The molecule has 1 aliphatic rings. The first-order valence-corrected chi connectivity index (χ1v) is 8.87. The Morgan fingerprint density at radius 3 is 2.68 bits per heavy atom. The molecule has 7 heteroatoms. The summed E-state index contributed by atoms with van der Waals surface area (Å²) in [5.41, 5.74) is 1.56. The van der Waals surface area contributed by atoms with Crippen molar-refractivity contribution in [3.8, 4) is 0 Å². The molecule has 1 saturated heterocycles. The Hall–Kier alpha value is -0.660. The minimum Gasteiger partial charge on any atom is -0.383 e. The molecule has 0 aromatic heterocycles. The van der Waals surface area contributed by atoms with Gasteiger partial charge in [0.05, 0.1) is 17.9 Å². The second kappa shape index (κ2) is 8.26. The van der Waals surface area contributed by atoms with Crippen LogP contribution in [-0.2, 0) is 20.5 Å². The van der Waals surface area contributed by atoms with Gasteiger partial charge in [-0.3, -0.25) is 0 Å². The van der Waals surface area contributed by atoms with Gasteiger partial charge >= 0.3 is 0 Å². The van der Waals surface area contributed by atoms with Gasteiger partial charge in [-0.15, -0.1) is 12.4 Å². The molecular formula is C15H25ClN2O3S. The van der Waals surface area contributed by atoms with E-state index in [0.717, 1.165) is 30.5 Å². The molecule has 2 N–H and O–H groups in total. The molecule has 0 aliphatic carbocycles. The molecule has 0 amide bonds. The molecule has 0 saturated carbocycles. The van der Waals surface area contributed by atoms with E-state index in [-0.39, 0.29) is 23.7 Å². The van der Waals surface area contributed by atoms with Gasteiger partial charge < -0.3 is 10.1 Å². The summed E-state index contributed by atoms with van der Waals surface area (Å²) in [5.74, 6) is 0.0166. The zero-order valence-electron chi connectivity index (χ0n) is 13.1. The fourth-order valence-corrected chi connectivity index (χ4v) is 4.08.